The fraction of sp³-hybridized carbons (Fsp3) is 0.417. The molecule has 0 aliphatic rings. The van der Waals surface area contributed by atoms with E-state index in [-0.39, 0.29) is 0 Å². The number of nitrogens with one attached hydrogen (secondary N) is 1. The zero-order valence-electron chi connectivity index (χ0n) is 9.49. The molecular formula is C12H17N3. The summed E-state index contributed by atoms with van der Waals surface area (Å²) in [5, 5.41) is 0. The molecule has 80 valence electrons. The standard InChI is InChI=1S/C12H17N3/c1-4-15(3)9(2)10-5-6-11-12(7-10)14-8-13-11/h5-9H,4H2,1-3H3,(H,13,14). The first-order valence-corrected chi connectivity index (χ1v) is 5.35. The molecular weight excluding hydrogens is 186 g/mol. The number of benzene rings is 1. The third-order valence-corrected chi connectivity index (χ3v) is 3.09. The highest BCUT2D eigenvalue weighted by molar-refractivity contribution is 5.75. The molecule has 3 heteroatoms. The van der Waals surface area contributed by atoms with Gasteiger partial charge in [-0.15, -0.1) is 0 Å². The summed E-state index contributed by atoms with van der Waals surface area (Å²) in [6, 6.07) is 6.85. The van der Waals surface area contributed by atoms with Crippen molar-refractivity contribution in [3.63, 3.8) is 0 Å². The van der Waals surface area contributed by atoms with Crippen LogP contribution in [-0.2, 0) is 0 Å². The van der Waals surface area contributed by atoms with Crippen LogP contribution in [0.5, 0.6) is 0 Å². The van der Waals surface area contributed by atoms with Gasteiger partial charge in [0.2, 0.25) is 0 Å². The van der Waals surface area contributed by atoms with Gasteiger partial charge in [-0.25, -0.2) is 4.98 Å². The number of hydrogen-bond donors (Lipinski definition) is 1. The van der Waals surface area contributed by atoms with Gasteiger partial charge in [-0.1, -0.05) is 13.0 Å². The van der Waals surface area contributed by atoms with E-state index in [4.69, 9.17) is 0 Å². The predicted octanol–water partition coefficient (Wildman–Crippen LogP) is 2.58. The Balaban J connectivity index is 2.35. The van der Waals surface area contributed by atoms with Crippen molar-refractivity contribution < 1.29 is 0 Å². The minimum atomic E-state index is 0.447. The van der Waals surface area contributed by atoms with Crippen molar-refractivity contribution in [3.8, 4) is 0 Å². The lowest BCUT2D eigenvalue weighted by atomic mass is 10.1. The summed E-state index contributed by atoms with van der Waals surface area (Å²) in [6.45, 7) is 5.45. The quantitative estimate of drug-likeness (QED) is 0.831. The summed E-state index contributed by atoms with van der Waals surface area (Å²) in [5.41, 5.74) is 3.48. The largest absolute Gasteiger partial charge is 0.345 e. The molecule has 0 fully saturated rings. The molecule has 0 radical (unpaired) electrons. The molecule has 15 heavy (non-hydrogen) atoms. The average molecular weight is 203 g/mol. The minimum Gasteiger partial charge on any atom is -0.345 e. The Labute approximate surface area is 90.1 Å². The molecule has 2 aromatic rings. The van der Waals surface area contributed by atoms with Crippen LogP contribution in [0.4, 0.5) is 0 Å². The third kappa shape index (κ3) is 1.88. The lowest BCUT2D eigenvalue weighted by Crippen LogP contribution is -2.21. The van der Waals surface area contributed by atoms with E-state index >= 15 is 0 Å². The van der Waals surface area contributed by atoms with E-state index < -0.39 is 0 Å². The number of hydrogen-bond acceptors (Lipinski definition) is 2. The molecule has 1 heterocycles. The average Bonchev–Trinajstić information content (AvgIpc) is 2.73. The SMILES string of the molecule is CCN(C)C(C)c1ccc2nc[nH]c2c1. The summed E-state index contributed by atoms with van der Waals surface area (Å²) >= 11 is 0. The van der Waals surface area contributed by atoms with Crippen LogP contribution in [0.1, 0.15) is 25.5 Å². The molecule has 2 rings (SSSR count). The first-order chi connectivity index (χ1) is 7.22. The Bertz CT molecular complexity index is 447. The first-order valence-electron chi connectivity index (χ1n) is 5.35. The predicted molar refractivity (Wildman–Crippen MR) is 62.8 cm³/mol. The maximum atomic E-state index is 4.22. The van der Waals surface area contributed by atoms with E-state index in [1.165, 1.54) is 5.56 Å². The second-order valence-electron chi connectivity index (χ2n) is 3.93. The van der Waals surface area contributed by atoms with Crippen molar-refractivity contribution in [1.82, 2.24) is 14.9 Å². The summed E-state index contributed by atoms with van der Waals surface area (Å²) in [6.07, 6.45) is 1.74. The Morgan fingerprint density at radius 3 is 3.00 bits per heavy atom. The van der Waals surface area contributed by atoms with E-state index in [0.717, 1.165) is 17.6 Å². The van der Waals surface area contributed by atoms with Gasteiger partial charge in [0.1, 0.15) is 0 Å². The maximum absolute atomic E-state index is 4.22. The van der Waals surface area contributed by atoms with Crippen LogP contribution in [-0.4, -0.2) is 28.5 Å². The fourth-order valence-corrected chi connectivity index (χ4v) is 1.74. The Hall–Kier alpha value is -1.35. The van der Waals surface area contributed by atoms with E-state index in [0.29, 0.717) is 6.04 Å². The summed E-state index contributed by atoms with van der Waals surface area (Å²) in [5.74, 6) is 0. The minimum absolute atomic E-state index is 0.447. The molecule has 1 atom stereocenters. The van der Waals surface area contributed by atoms with Crippen molar-refractivity contribution >= 4 is 11.0 Å². The number of imidazole rings is 1. The second-order valence-corrected chi connectivity index (χ2v) is 3.93. The molecule has 0 spiro atoms. The number of nitrogens with zero attached hydrogens (tertiary/aromatic N) is 2. The van der Waals surface area contributed by atoms with Crippen LogP contribution >= 0.6 is 0 Å². The van der Waals surface area contributed by atoms with E-state index in [1.807, 2.05) is 0 Å². The lowest BCUT2D eigenvalue weighted by Gasteiger charge is -2.23. The summed E-state index contributed by atoms with van der Waals surface area (Å²) < 4.78 is 0. The third-order valence-electron chi connectivity index (χ3n) is 3.09. The van der Waals surface area contributed by atoms with Crippen LogP contribution < -0.4 is 0 Å². The number of aromatic nitrogens is 2. The van der Waals surface area contributed by atoms with Crippen molar-refractivity contribution in [3.05, 3.63) is 30.1 Å². The Kier molecular flexibility index (Phi) is 2.73. The number of fused-ring (bicyclic) bond motifs is 1. The van der Waals surface area contributed by atoms with Crippen molar-refractivity contribution in [2.75, 3.05) is 13.6 Å². The van der Waals surface area contributed by atoms with E-state index in [2.05, 4.69) is 54.0 Å². The van der Waals surface area contributed by atoms with Gasteiger partial charge in [0, 0.05) is 6.04 Å². The van der Waals surface area contributed by atoms with Crippen LogP contribution in [0, 0.1) is 0 Å². The molecule has 0 saturated heterocycles. The summed E-state index contributed by atoms with van der Waals surface area (Å²) in [4.78, 5) is 9.67. The molecule has 0 aliphatic heterocycles. The number of aromatic amines is 1. The zero-order chi connectivity index (χ0) is 10.8. The Morgan fingerprint density at radius 1 is 1.47 bits per heavy atom. The maximum Gasteiger partial charge on any atom is 0.0931 e. The highest BCUT2D eigenvalue weighted by atomic mass is 15.1. The van der Waals surface area contributed by atoms with E-state index in [1.54, 1.807) is 6.33 Å². The lowest BCUT2D eigenvalue weighted by molar-refractivity contribution is 0.276. The van der Waals surface area contributed by atoms with Crippen LogP contribution in [0.25, 0.3) is 11.0 Å². The van der Waals surface area contributed by atoms with E-state index in [9.17, 15) is 0 Å². The van der Waals surface area contributed by atoms with Crippen molar-refractivity contribution in [2.24, 2.45) is 0 Å². The zero-order valence-corrected chi connectivity index (χ0v) is 9.49. The topological polar surface area (TPSA) is 31.9 Å². The molecule has 1 aromatic heterocycles. The van der Waals surface area contributed by atoms with Crippen molar-refractivity contribution in [2.45, 2.75) is 19.9 Å². The van der Waals surface area contributed by atoms with Crippen LogP contribution in [0.15, 0.2) is 24.5 Å². The van der Waals surface area contributed by atoms with Gasteiger partial charge in [-0.3, -0.25) is 4.90 Å². The van der Waals surface area contributed by atoms with Gasteiger partial charge < -0.3 is 4.98 Å². The molecule has 1 unspecified atom stereocenters. The molecule has 1 N–H and O–H groups in total. The second kappa shape index (κ2) is 4.03. The van der Waals surface area contributed by atoms with Gasteiger partial charge in [-0.05, 0) is 38.2 Å². The smallest absolute Gasteiger partial charge is 0.0931 e. The monoisotopic (exact) mass is 203 g/mol. The van der Waals surface area contributed by atoms with Crippen LogP contribution in [0.3, 0.4) is 0 Å². The first kappa shape index (κ1) is 10.2. The van der Waals surface area contributed by atoms with Gasteiger partial charge in [0.05, 0.1) is 17.4 Å². The molecule has 0 aliphatic carbocycles. The molecule has 3 nitrogen and oxygen atoms in total. The molecule has 0 bridgehead atoms. The highest BCUT2D eigenvalue weighted by Crippen LogP contribution is 2.21. The Morgan fingerprint density at radius 2 is 2.27 bits per heavy atom. The number of H-pyrrole nitrogens is 1. The van der Waals surface area contributed by atoms with Crippen molar-refractivity contribution in [1.29, 1.82) is 0 Å². The van der Waals surface area contributed by atoms with Gasteiger partial charge in [-0.2, -0.15) is 0 Å². The number of rotatable bonds is 3. The van der Waals surface area contributed by atoms with Gasteiger partial charge >= 0.3 is 0 Å². The van der Waals surface area contributed by atoms with Gasteiger partial charge in [0.15, 0.2) is 0 Å². The summed E-state index contributed by atoms with van der Waals surface area (Å²) in [7, 11) is 2.14. The van der Waals surface area contributed by atoms with Gasteiger partial charge in [0.25, 0.3) is 0 Å². The highest BCUT2D eigenvalue weighted by Gasteiger charge is 2.10. The van der Waals surface area contributed by atoms with Crippen LogP contribution in [0.2, 0.25) is 0 Å². The molecule has 0 amide bonds. The fourth-order valence-electron chi connectivity index (χ4n) is 1.74. The molecule has 1 aromatic carbocycles. The normalized spacial score (nSPS) is 13.6. The molecule has 0 saturated carbocycles.